The van der Waals surface area contributed by atoms with E-state index in [2.05, 4.69) is 10.6 Å². The lowest BCUT2D eigenvalue weighted by Crippen LogP contribution is -2.56. The van der Waals surface area contributed by atoms with Gasteiger partial charge in [-0.05, 0) is 30.7 Å². The van der Waals surface area contributed by atoms with Crippen molar-refractivity contribution in [3.8, 4) is 0 Å². The van der Waals surface area contributed by atoms with Crippen LogP contribution in [-0.2, 0) is 16.0 Å². The van der Waals surface area contributed by atoms with Gasteiger partial charge in [0.25, 0.3) is 0 Å². The number of amides is 2. The van der Waals surface area contributed by atoms with Gasteiger partial charge in [0.15, 0.2) is 0 Å². The zero-order valence-electron chi connectivity index (χ0n) is 13.5. The van der Waals surface area contributed by atoms with Crippen LogP contribution in [0.15, 0.2) is 30.3 Å². The van der Waals surface area contributed by atoms with Crippen LogP contribution in [0.3, 0.4) is 0 Å². The van der Waals surface area contributed by atoms with Crippen molar-refractivity contribution >= 4 is 11.8 Å². The number of hydrogen-bond acceptors (Lipinski definition) is 3. The predicted octanol–water partition coefficient (Wildman–Crippen LogP) is 0.946. The van der Waals surface area contributed by atoms with Gasteiger partial charge in [-0.3, -0.25) is 9.59 Å². The molecule has 1 heterocycles. The van der Waals surface area contributed by atoms with Gasteiger partial charge in [-0.15, -0.1) is 0 Å². The average molecular weight is 315 g/mol. The molecule has 23 heavy (non-hydrogen) atoms. The lowest BCUT2D eigenvalue weighted by molar-refractivity contribution is -0.138. The second kappa shape index (κ2) is 7.59. The zero-order valence-corrected chi connectivity index (χ0v) is 13.5. The minimum absolute atomic E-state index is 0.0555. The van der Waals surface area contributed by atoms with Crippen LogP contribution in [0, 0.1) is 5.92 Å². The van der Waals surface area contributed by atoms with Gasteiger partial charge in [0.1, 0.15) is 0 Å². The van der Waals surface area contributed by atoms with Crippen LogP contribution >= 0.6 is 0 Å². The molecule has 2 N–H and O–H groups in total. The maximum atomic E-state index is 12.4. The summed E-state index contributed by atoms with van der Waals surface area (Å²) in [4.78, 5) is 26.4. The maximum absolute atomic E-state index is 12.4. The monoisotopic (exact) mass is 315 g/mol. The summed E-state index contributed by atoms with van der Waals surface area (Å²) in [6, 6.07) is 9.71. The molecular weight excluding hydrogens is 290 g/mol. The summed E-state index contributed by atoms with van der Waals surface area (Å²) in [7, 11) is 0. The predicted molar refractivity (Wildman–Crippen MR) is 88.9 cm³/mol. The Morgan fingerprint density at radius 2 is 2.04 bits per heavy atom. The lowest BCUT2D eigenvalue weighted by Gasteiger charge is -2.33. The molecule has 3 rings (SSSR count). The second-order valence-electron chi connectivity index (χ2n) is 6.52. The number of carbonyl (C=O) groups is 2. The van der Waals surface area contributed by atoms with Crippen molar-refractivity contribution in [2.45, 2.75) is 31.7 Å². The molecule has 1 saturated carbocycles. The van der Waals surface area contributed by atoms with Crippen molar-refractivity contribution in [1.29, 1.82) is 0 Å². The third-order valence-corrected chi connectivity index (χ3v) is 4.53. The molecule has 2 aliphatic rings. The van der Waals surface area contributed by atoms with E-state index in [9.17, 15) is 9.59 Å². The van der Waals surface area contributed by atoms with E-state index in [4.69, 9.17) is 0 Å². The summed E-state index contributed by atoms with van der Waals surface area (Å²) in [5, 5.41) is 6.10. The van der Waals surface area contributed by atoms with E-state index < -0.39 is 0 Å². The first-order chi connectivity index (χ1) is 11.2. The summed E-state index contributed by atoms with van der Waals surface area (Å²) in [5.74, 6) is 0.721. The minimum Gasteiger partial charge on any atom is -0.356 e. The fraction of sp³-hybridized carbons (Fsp3) is 0.556. The molecular formula is C18H25N3O2. The van der Waals surface area contributed by atoms with Gasteiger partial charge in [0, 0.05) is 26.2 Å². The highest BCUT2D eigenvalue weighted by Gasteiger charge is 2.33. The van der Waals surface area contributed by atoms with E-state index >= 15 is 0 Å². The molecule has 124 valence electrons. The first kappa shape index (κ1) is 16.0. The Labute approximate surface area is 137 Å². The number of rotatable bonds is 7. The summed E-state index contributed by atoms with van der Waals surface area (Å²) in [5.41, 5.74) is 1.20. The fourth-order valence-electron chi connectivity index (χ4n) is 2.99. The Morgan fingerprint density at radius 3 is 2.78 bits per heavy atom. The van der Waals surface area contributed by atoms with Crippen molar-refractivity contribution < 1.29 is 9.59 Å². The van der Waals surface area contributed by atoms with Crippen molar-refractivity contribution in [2.24, 2.45) is 5.92 Å². The second-order valence-corrected chi connectivity index (χ2v) is 6.52. The molecule has 2 amide bonds. The molecule has 1 aromatic rings. The van der Waals surface area contributed by atoms with E-state index in [0.717, 1.165) is 26.1 Å². The van der Waals surface area contributed by atoms with Gasteiger partial charge in [-0.1, -0.05) is 30.3 Å². The molecule has 1 saturated heterocycles. The molecule has 0 radical (unpaired) electrons. The summed E-state index contributed by atoms with van der Waals surface area (Å²) < 4.78 is 0. The molecule has 0 aromatic heterocycles. The van der Waals surface area contributed by atoms with E-state index in [0.29, 0.717) is 12.5 Å². The number of nitrogens with zero attached hydrogens (tertiary/aromatic N) is 1. The molecule has 1 aromatic carbocycles. The smallest absolute Gasteiger partial charge is 0.240 e. The maximum Gasteiger partial charge on any atom is 0.240 e. The standard InChI is InChI=1S/C18H25N3O2/c22-17(20-9-8-14-4-2-1-3-5-14)12-16-18(23)21(11-10-19-16)13-15-6-7-15/h1-5,15-16,19H,6-13H2,(H,20,22). The van der Waals surface area contributed by atoms with Crippen LogP contribution in [0.1, 0.15) is 24.8 Å². The molecule has 1 unspecified atom stereocenters. The number of piperazine rings is 1. The molecule has 2 fully saturated rings. The first-order valence-electron chi connectivity index (χ1n) is 8.55. The van der Waals surface area contributed by atoms with E-state index in [1.54, 1.807) is 0 Å². The molecule has 0 bridgehead atoms. The number of carbonyl (C=O) groups excluding carboxylic acids is 2. The largest absolute Gasteiger partial charge is 0.356 e. The fourth-order valence-corrected chi connectivity index (χ4v) is 2.99. The minimum atomic E-state index is -0.362. The zero-order chi connectivity index (χ0) is 16.1. The third-order valence-electron chi connectivity index (χ3n) is 4.53. The number of nitrogens with one attached hydrogen (secondary N) is 2. The SMILES string of the molecule is O=C(CC1NCCN(CC2CC2)C1=O)NCCc1ccccc1. The van der Waals surface area contributed by atoms with Crippen LogP contribution < -0.4 is 10.6 Å². The molecule has 1 aliphatic heterocycles. The van der Waals surface area contributed by atoms with Crippen LogP contribution in [0.5, 0.6) is 0 Å². The highest BCUT2D eigenvalue weighted by atomic mass is 16.2. The Morgan fingerprint density at radius 1 is 1.26 bits per heavy atom. The molecule has 0 spiro atoms. The van der Waals surface area contributed by atoms with E-state index in [1.165, 1.54) is 18.4 Å². The van der Waals surface area contributed by atoms with Gasteiger partial charge in [-0.2, -0.15) is 0 Å². The van der Waals surface area contributed by atoms with Crippen LogP contribution in [0.4, 0.5) is 0 Å². The van der Waals surface area contributed by atoms with Gasteiger partial charge in [0.05, 0.1) is 12.5 Å². The van der Waals surface area contributed by atoms with Crippen LogP contribution in [-0.4, -0.2) is 48.9 Å². The summed E-state index contributed by atoms with van der Waals surface area (Å²) in [6.07, 6.45) is 3.52. The van der Waals surface area contributed by atoms with E-state index in [-0.39, 0.29) is 24.3 Å². The van der Waals surface area contributed by atoms with Gasteiger partial charge < -0.3 is 15.5 Å². The van der Waals surface area contributed by atoms with Gasteiger partial charge in [0.2, 0.25) is 11.8 Å². The van der Waals surface area contributed by atoms with Crippen molar-refractivity contribution in [3.63, 3.8) is 0 Å². The topological polar surface area (TPSA) is 61.4 Å². The van der Waals surface area contributed by atoms with Crippen LogP contribution in [0.2, 0.25) is 0 Å². The number of benzene rings is 1. The molecule has 5 nitrogen and oxygen atoms in total. The highest BCUT2D eigenvalue weighted by Crippen LogP contribution is 2.30. The molecule has 1 atom stereocenters. The van der Waals surface area contributed by atoms with E-state index in [1.807, 2.05) is 35.2 Å². The average Bonchev–Trinajstić information content (AvgIpc) is 3.36. The lowest BCUT2D eigenvalue weighted by atomic mass is 10.1. The quantitative estimate of drug-likeness (QED) is 0.787. The summed E-state index contributed by atoms with van der Waals surface area (Å²) in [6.45, 7) is 3.02. The Hall–Kier alpha value is -1.88. The molecule has 5 heteroatoms. The van der Waals surface area contributed by atoms with Crippen molar-refractivity contribution in [3.05, 3.63) is 35.9 Å². The van der Waals surface area contributed by atoms with Gasteiger partial charge >= 0.3 is 0 Å². The first-order valence-corrected chi connectivity index (χ1v) is 8.55. The normalized spacial score (nSPS) is 21.3. The third kappa shape index (κ3) is 4.79. The highest BCUT2D eigenvalue weighted by molar-refractivity contribution is 5.88. The van der Waals surface area contributed by atoms with Crippen LogP contribution in [0.25, 0.3) is 0 Å². The van der Waals surface area contributed by atoms with Crippen molar-refractivity contribution in [1.82, 2.24) is 15.5 Å². The number of hydrogen-bond donors (Lipinski definition) is 2. The Bertz CT molecular complexity index is 542. The van der Waals surface area contributed by atoms with Crippen molar-refractivity contribution in [2.75, 3.05) is 26.2 Å². The molecule has 1 aliphatic carbocycles. The Kier molecular flexibility index (Phi) is 5.28. The Balaban J connectivity index is 1.40. The van der Waals surface area contributed by atoms with Gasteiger partial charge in [-0.25, -0.2) is 0 Å². The summed E-state index contributed by atoms with van der Waals surface area (Å²) >= 11 is 0.